The Morgan fingerprint density at radius 1 is 1.54 bits per heavy atom. The fourth-order valence-corrected chi connectivity index (χ4v) is 1.14. The SMILES string of the molecule is CCc1c(O)cccc1C(=O)[O-].[Na+]. The van der Waals surface area contributed by atoms with Crippen molar-refractivity contribution in [2.75, 3.05) is 0 Å². The van der Waals surface area contributed by atoms with Crippen molar-refractivity contribution < 1.29 is 44.6 Å². The van der Waals surface area contributed by atoms with Gasteiger partial charge in [-0.15, -0.1) is 0 Å². The number of carboxylic acid groups (broad SMARTS) is 1. The largest absolute Gasteiger partial charge is 1.00 e. The number of aromatic hydroxyl groups is 1. The van der Waals surface area contributed by atoms with Gasteiger partial charge in [0, 0.05) is 11.1 Å². The van der Waals surface area contributed by atoms with Crippen molar-refractivity contribution in [2.45, 2.75) is 13.3 Å². The van der Waals surface area contributed by atoms with E-state index in [1.807, 2.05) is 0 Å². The van der Waals surface area contributed by atoms with Crippen LogP contribution >= 0.6 is 0 Å². The molecule has 13 heavy (non-hydrogen) atoms. The smallest absolute Gasteiger partial charge is 0.545 e. The van der Waals surface area contributed by atoms with Crippen LogP contribution in [0, 0.1) is 0 Å². The summed E-state index contributed by atoms with van der Waals surface area (Å²) in [6.45, 7) is 1.78. The molecular formula is C9H9NaO3. The molecule has 4 heteroatoms. The average molecular weight is 188 g/mol. The number of hydrogen-bond donors (Lipinski definition) is 1. The number of carbonyl (C=O) groups excluding carboxylic acids is 1. The van der Waals surface area contributed by atoms with Gasteiger partial charge in [0.25, 0.3) is 0 Å². The summed E-state index contributed by atoms with van der Waals surface area (Å²) >= 11 is 0. The molecule has 0 bridgehead atoms. The Kier molecular flexibility index (Phi) is 5.06. The van der Waals surface area contributed by atoms with Gasteiger partial charge in [-0.05, 0) is 12.5 Å². The van der Waals surface area contributed by atoms with Crippen molar-refractivity contribution in [3.05, 3.63) is 29.3 Å². The van der Waals surface area contributed by atoms with Gasteiger partial charge in [-0.1, -0.05) is 19.1 Å². The minimum absolute atomic E-state index is 0. The Labute approximate surface area is 98.7 Å². The van der Waals surface area contributed by atoms with Crippen LogP contribution in [0.4, 0.5) is 0 Å². The van der Waals surface area contributed by atoms with E-state index < -0.39 is 5.97 Å². The molecule has 0 unspecified atom stereocenters. The van der Waals surface area contributed by atoms with E-state index in [0.29, 0.717) is 12.0 Å². The Hall–Kier alpha value is -0.510. The molecule has 0 aliphatic carbocycles. The summed E-state index contributed by atoms with van der Waals surface area (Å²) < 4.78 is 0. The second-order valence-electron chi connectivity index (χ2n) is 2.44. The first kappa shape index (κ1) is 12.5. The topological polar surface area (TPSA) is 60.4 Å². The van der Waals surface area contributed by atoms with E-state index in [-0.39, 0.29) is 40.9 Å². The zero-order valence-electron chi connectivity index (χ0n) is 7.70. The van der Waals surface area contributed by atoms with Crippen LogP contribution in [-0.4, -0.2) is 11.1 Å². The summed E-state index contributed by atoms with van der Waals surface area (Å²) in [5, 5.41) is 19.8. The van der Waals surface area contributed by atoms with Gasteiger partial charge in [0.2, 0.25) is 0 Å². The molecular weight excluding hydrogens is 179 g/mol. The first-order valence-corrected chi connectivity index (χ1v) is 3.69. The van der Waals surface area contributed by atoms with Crippen LogP contribution in [0.1, 0.15) is 22.8 Å². The van der Waals surface area contributed by atoms with Crippen LogP contribution in [0.15, 0.2) is 18.2 Å². The number of aromatic carboxylic acids is 1. The number of hydrogen-bond acceptors (Lipinski definition) is 3. The third kappa shape index (κ3) is 2.72. The van der Waals surface area contributed by atoms with Gasteiger partial charge in [0.15, 0.2) is 0 Å². The number of rotatable bonds is 2. The van der Waals surface area contributed by atoms with Crippen LogP contribution in [-0.2, 0) is 6.42 Å². The van der Waals surface area contributed by atoms with E-state index in [9.17, 15) is 15.0 Å². The normalized spacial score (nSPS) is 9.00. The van der Waals surface area contributed by atoms with Crippen molar-refractivity contribution >= 4 is 5.97 Å². The number of phenols is 1. The quantitative estimate of drug-likeness (QED) is 0.515. The fourth-order valence-electron chi connectivity index (χ4n) is 1.14. The van der Waals surface area contributed by atoms with Crippen LogP contribution in [0.5, 0.6) is 5.75 Å². The summed E-state index contributed by atoms with van der Waals surface area (Å²) in [5.74, 6) is -1.23. The molecule has 0 aliphatic rings. The van der Waals surface area contributed by atoms with Gasteiger partial charge in [-0.3, -0.25) is 0 Å². The predicted molar refractivity (Wildman–Crippen MR) is 41.8 cm³/mol. The van der Waals surface area contributed by atoms with E-state index in [1.165, 1.54) is 18.2 Å². The molecule has 1 N–H and O–H groups in total. The Bertz CT molecular complexity index is 310. The Morgan fingerprint density at radius 2 is 2.15 bits per heavy atom. The number of benzene rings is 1. The number of phenolic OH excluding ortho intramolecular Hbond substituents is 1. The maximum atomic E-state index is 10.5. The van der Waals surface area contributed by atoms with Gasteiger partial charge in [0.1, 0.15) is 5.75 Å². The van der Waals surface area contributed by atoms with Gasteiger partial charge in [-0.25, -0.2) is 0 Å². The third-order valence-corrected chi connectivity index (χ3v) is 1.72. The number of carbonyl (C=O) groups is 1. The monoisotopic (exact) mass is 188 g/mol. The van der Waals surface area contributed by atoms with E-state index in [1.54, 1.807) is 6.92 Å². The third-order valence-electron chi connectivity index (χ3n) is 1.72. The van der Waals surface area contributed by atoms with Gasteiger partial charge in [0.05, 0.1) is 5.97 Å². The molecule has 0 saturated carbocycles. The zero-order chi connectivity index (χ0) is 9.14. The first-order valence-electron chi connectivity index (χ1n) is 3.69. The van der Waals surface area contributed by atoms with Gasteiger partial charge in [-0.2, -0.15) is 0 Å². The molecule has 0 spiro atoms. The second-order valence-corrected chi connectivity index (χ2v) is 2.44. The molecule has 64 valence electrons. The maximum absolute atomic E-state index is 10.5. The van der Waals surface area contributed by atoms with Crippen LogP contribution in [0.3, 0.4) is 0 Å². The van der Waals surface area contributed by atoms with E-state index in [0.717, 1.165) is 0 Å². The molecule has 1 rings (SSSR count). The van der Waals surface area contributed by atoms with Crippen molar-refractivity contribution in [1.29, 1.82) is 0 Å². The summed E-state index contributed by atoms with van der Waals surface area (Å²) in [6, 6.07) is 4.37. The van der Waals surface area contributed by atoms with E-state index in [2.05, 4.69) is 0 Å². The minimum Gasteiger partial charge on any atom is -0.545 e. The second kappa shape index (κ2) is 5.27. The van der Waals surface area contributed by atoms with Gasteiger partial charge < -0.3 is 15.0 Å². The van der Waals surface area contributed by atoms with Gasteiger partial charge >= 0.3 is 29.6 Å². The van der Waals surface area contributed by atoms with E-state index >= 15 is 0 Å². The molecule has 1 aromatic rings. The zero-order valence-corrected chi connectivity index (χ0v) is 9.70. The van der Waals surface area contributed by atoms with Crippen LogP contribution in [0.2, 0.25) is 0 Å². The van der Waals surface area contributed by atoms with Crippen molar-refractivity contribution in [3.63, 3.8) is 0 Å². The van der Waals surface area contributed by atoms with Crippen molar-refractivity contribution in [3.8, 4) is 5.75 Å². The first-order chi connectivity index (χ1) is 5.66. The molecule has 0 aliphatic heterocycles. The summed E-state index contributed by atoms with van der Waals surface area (Å²) in [5.41, 5.74) is 0.495. The number of carboxylic acids is 1. The molecule has 0 radical (unpaired) electrons. The molecule has 0 heterocycles. The summed E-state index contributed by atoms with van der Waals surface area (Å²) in [6.07, 6.45) is 0.482. The molecule has 0 atom stereocenters. The predicted octanol–water partition coefficient (Wildman–Crippen LogP) is -2.68. The van der Waals surface area contributed by atoms with Crippen molar-refractivity contribution in [2.24, 2.45) is 0 Å². The van der Waals surface area contributed by atoms with Crippen LogP contribution in [0.25, 0.3) is 0 Å². The Morgan fingerprint density at radius 3 is 2.54 bits per heavy atom. The molecule has 0 fully saturated rings. The Balaban J connectivity index is 0.00000144. The molecule has 1 aromatic carbocycles. The van der Waals surface area contributed by atoms with E-state index in [4.69, 9.17) is 0 Å². The fraction of sp³-hybridized carbons (Fsp3) is 0.222. The summed E-state index contributed by atoms with van der Waals surface area (Å²) in [7, 11) is 0. The molecule has 0 amide bonds. The van der Waals surface area contributed by atoms with Crippen molar-refractivity contribution in [1.82, 2.24) is 0 Å². The standard InChI is InChI=1S/C9H10O3.Na/c1-2-6-7(9(11)12)4-3-5-8(6)10;/h3-5,10H,2H2,1H3,(H,11,12);/q;+1/p-1. The maximum Gasteiger partial charge on any atom is 1.00 e. The van der Waals surface area contributed by atoms with Crippen LogP contribution < -0.4 is 34.7 Å². The average Bonchev–Trinajstić information content (AvgIpc) is 2.03. The molecule has 0 aromatic heterocycles. The molecule has 3 nitrogen and oxygen atoms in total. The summed E-state index contributed by atoms with van der Waals surface area (Å²) in [4.78, 5) is 10.5. The minimum atomic E-state index is -1.25. The molecule has 0 saturated heterocycles.